The van der Waals surface area contributed by atoms with Crippen molar-refractivity contribution in [3.63, 3.8) is 0 Å². The van der Waals surface area contributed by atoms with Crippen LogP contribution in [0.1, 0.15) is 23.7 Å². The second kappa shape index (κ2) is 6.58. The molecule has 2 heterocycles. The molecule has 1 aromatic rings. The summed E-state index contributed by atoms with van der Waals surface area (Å²) in [6.07, 6.45) is 0.789. The number of cyclic esters (lactones) is 1. The van der Waals surface area contributed by atoms with E-state index >= 15 is 0 Å². The van der Waals surface area contributed by atoms with Crippen LogP contribution in [-0.2, 0) is 14.3 Å². The van der Waals surface area contributed by atoms with Crippen LogP contribution < -0.4 is 4.90 Å². The second-order valence-electron chi connectivity index (χ2n) is 6.04. The zero-order valence-electron chi connectivity index (χ0n) is 13.5. The van der Waals surface area contributed by atoms with E-state index in [0.29, 0.717) is 12.2 Å². The van der Waals surface area contributed by atoms with Gasteiger partial charge in [-0.15, -0.1) is 0 Å². The molecule has 2 unspecified atom stereocenters. The third-order valence-electron chi connectivity index (χ3n) is 4.64. The molecule has 3 rings (SSSR count). The number of methoxy groups -OCH3 is 1. The van der Waals surface area contributed by atoms with Gasteiger partial charge in [-0.3, -0.25) is 9.69 Å². The van der Waals surface area contributed by atoms with Crippen molar-refractivity contribution < 1.29 is 19.1 Å². The predicted molar refractivity (Wildman–Crippen MR) is 85.5 cm³/mol. The van der Waals surface area contributed by atoms with E-state index in [-0.39, 0.29) is 24.0 Å². The molecule has 6 nitrogen and oxygen atoms in total. The molecule has 0 N–H and O–H groups in total. The monoisotopic (exact) mass is 318 g/mol. The molecule has 0 aromatic heterocycles. The van der Waals surface area contributed by atoms with Crippen LogP contribution in [0, 0.1) is 0 Å². The fraction of sp³-hybridized carbons (Fsp3) is 0.529. The van der Waals surface area contributed by atoms with Crippen molar-refractivity contribution in [2.45, 2.75) is 25.4 Å². The van der Waals surface area contributed by atoms with Gasteiger partial charge in [0.1, 0.15) is 6.04 Å². The zero-order chi connectivity index (χ0) is 16.4. The van der Waals surface area contributed by atoms with Crippen molar-refractivity contribution in [3.8, 4) is 0 Å². The maximum atomic E-state index is 11.8. The molecule has 0 radical (unpaired) electrons. The number of nitrogens with zero attached hydrogens (tertiary/aromatic N) is 2. The second-order valence-corrected chi connectivity index (χ2v) is 6.04. The molecular weight excluding hydrogens is 296 g/mol. The number of ether oxygens (including phenoxy) is 2. The Hall–Kier alpha value is -2.08. The lowest BCUT2D eigenvalue weighted by Gasteiger charge is -2.42. The molecule has 6 heteroatoms. The molecule has 2 aliphatic rings. The van der Waals surface area contributed by atoms with Crippen molar-refractivity contribution in [2.75, 3.05) is 38.3 Å². The van der Waals surface area contributed by atoms with E-state index in [4.69, 9.17) is 9.47 Å². The number of rotatable bonds is 3. The SMILES string of the molecule is COC(=O)c1ccc(N2CCN(C3CCOC3=O)C(C)C2)cc1. The van der Waals surface area contributed by atoms with Crippen LogP contribution in [0.2, 0.25) is 0 Å². The molecule has 124 valence electrons. The van der Waals surface area contributed by atoms with Crippen LogP contribution in [0.3, 0.4) is 0 Å². The van der Waals surface area contributed by atoms with Crippen LogP contribution in [-0.4, -0.2) is 62.3 Å². The van der Waals surface area contributed by atoms with Crippen LogP contribution >= 0.6 is 0 Å². The van der Waals surface area contributed by atoms with Crippen molar-refractivity contribution in [3.05, 3.63) is 29.8 Å². The summed E-state index contributed by atoms with van der Waals surface area (Å²) in [5, 5.41) is 0. The van der Waals surface area contributed by atoms with Crippen LogP contribution in [0.4, 0.5) is 5.69 Å². The fourth-order valence-electron chi connectivity index (χ4n) is 3.38. The normalized spacial score (nSPS) is 25.3. The Labute approximate surface area is 136 Å². The summed E-state index contributed by atoms with van der Waals surface area (Å²) in [5.41, 5.74) is 1.63. The lowest BCUT2D eigenvalue weighted by atomic mass is 10.1. The number of carbonyl (C=O) groups excluding carboxylic acids is 2. The van der Waals surface area contributed by atoms with E-state index in [0.717, 1.165) is 31.7 Å². The van der Waals surface area contributed by atoms with E-state index in [1.165, 1.54) is 7.11 Å². The van der Waals surface area contributed by atoms with Gasteiger partial charge in [-0.25, -0.2) is 4.79 Å². The summed E-state index contributed by atoms with van der Waals surface area (Å²) >= 11 is 0. The number of esters is 2. The van der Waals surface area contributed by atoms with Gasteiger partial charge in [0.05, 0.1) is 19.3 Å². The molecule has 0 aliphatic carbocycles. The molecule has 0 saturated carbocycles. The third kappa shape index (κ3) is 3.17. The Balaban J connectivity index is 1.65. The molecule has 2 saturated heterocycles. The largest absolute Gasteiger partial charge is 0.465 e. The van der Waals surface area contributed by atoms with Gasteiger partial charge < -0.3 is 14.4 Å². The first-order valence-electron chi connectivity index (χ1n) is 7.96. The minimum Gasteiger partial charge on any atom is -0.465 e. The van der Waals surface area contributed by atoms with Gasteiger partial charge in [0.2, 0.25) is 0 Å². The van der Waals surface area contributed by atoms with E-state index in [1.807, 2.05) is 12.1 Å². The van der Waals surface area contributed by atoms with Crippen molar-refractivity contribution in [2.24, 2.45) is 0 Å². The maximum Gasteiger partial charge on any atom is 0.337 e. The number of hydrogen-bond acceptors (Lipinski definition) is 6. The Morgan fingerprint density at radius 2 is 2.00 bits per heavy atom. The smallest absolute Gasteiger partial charge is 0.337 e. The Kier molecular flexibility index (Phi) is 4.52. The molecular formula is C17H22N2O4. The zero-order valence-corrected chi connectivity index (χ0v) is 13.5. The lowest BCUT2D eigenvalue weighted by molar-refractivity contribution is -0.143. The predicted octanol–water partition coefficient (Wildman–Crippen LogP) is 1.30. The number of carbonyl (C=O) groups is 2. The highest BCUT2D eigenvalue weighted by Gasteiger charge is 2.37. The van der Waals surface area contributed by atoms with Crippen molar-refractivity contribution in [1.29, 1.82) is 0 Å². The van der Waals surface area contributed by atoms with Gasteiger partial charge in [0.15, 0.2) is 0 Å². The average molecular weight is 318 g/mol. The summed E-state index contributed by atoms with van der Waals surface area (Å²) < 4.78 is 9.80. The topological polar surface area (TPSA) is 59.1 Å². The summed E-state index contributed by atoms with van der Waals surface area (Å²) in [6.45, 7) is 5.21. The molecule has 0 amide bonds. The summed E-state index contributed by atoms with van der Waals surface area (Å²) in [5.74, 6) is -0.415. The molecule has 0 spiro atoms. The standard InChI is InChI=1S/C17H22N2O4/c1-12-11-18(8-9-19(12)15-7-10-23-17(15)21)14-5-3-13(4-6-14)16(20)22-2/h3-6,12,15H,7-11H2,1-2H3. The van der Waals surface area contributed by atoms with E-state index in [2.05, 4.69) is 16.7 Å². The van der Waals surface area contributed by atoms with Gasteiger partial charge in [-0.2, -0.15) is 0 Å². The maximum absolute atomic E-state index is 11.8. The lowest BCUT2D eigenvalue weighted by Crippen LogP contribution is -2.56. The Bertz CT molecular complexity index is 587. The van der Waals surface area contributed by atoms with Gasteiger partial charge in [-0.1, -0.05) is 0 Å². The average Bonchev–Trinajstić information content (AvgIpc) is 3.00. The van der Waals surface area contributed by atoms with Crippen molar-refractivity contribution in [1.82, 2.24) is 4.90 Å². The summed E-state index contributed by atoms with van der Waals surface area (Å²) in [4.78, 5) is 27.8. The summed E-state index contributed by atoms with van der Waals surface area (Å²) in [6, 6.07) is 7.64. The van der Waals surface area contributed by atoms with E-state index in [9.17, 15) is 9.59 Å². The van der Waals surface area contributed by atoms with E-state index in [1.54, 1.807) is 12.1 Å². The molecule has 0 bridgehead atoms. The molecule has 1 aromatic carbocycles. The number of anilines is 1. The number of piperazine rings is 1. The highest BCUT2D eigenvalue weighted by molar-refractivity contribution is 5.89. The first-order valence-corrected chi connectivity index (χ1v) is 7.96. The molecule has 23 heavy (non-hydrogen) atoms. The summed E-state index contributed by atoms with van der Waals surface area (Å²) in [7, 11) is 1.38. The van der Waals surface area contributed by atoms with Gasteiger partial charge >= 0.3 is 11.9 Å². The van der Waals surface area contributed by atoms with Crippen LogP contribution in [0.25, 0.3) is 0 Å². The first-order chi connectivity index (χ1) is 11.1. The van der Waals surface area contributed by atoms with E-state index < -0.39 is 0 Å². The van der Waals surface area contributed by atoms with Gasteiger partial charge in [0, 0.05) is 37.8 Å². The fourth-order valence-corrected chi connectivity index (χ4v) is 3.38. The minimum absolute atomic E-state index is 0.0890. The van der Waals surface area contributed by atoms with Crippen molar-refractivity contribution >= 4 is 17.6 Å². The third-order valence-corrected chi connectivity index (χ3v) is 4.64. The molecule has 2 aliphatic heterocycles. The van der Waals surface area contributed by atoms with Gasteiger partial charge in [-0.05, 0) is 31.2 Å². The minimum atomic E-state index is -0.325. The highest BCUT2D eigenvalue weighted by Crippen LogP contribution is 2.24. The molecule has 2 fully saturated rings. The van der Waals surface area contributed by atoms with Crippen LogP contribution in [0.5, 0.6) is 0 Å². The Morgan fingerprint density at radius 3 is 2.57 bits per heavy atom. The van der Waals surface area contributed by atoms with Gasteiger partial charge in [0.25, 0.3) is 0 Å². The Morgan fingerprint density at radius 1 is 1.26 bits per heavy atom. The first kappa shape index (κ1) is 15.8. The number of hydrogen-bond donors (Lipinski definition) is 0. The highest BCUT2D eigenvalue weighted by atomic mass is 16.5. The number of benzene rings is 1. The van der Waals surface area contributed by atoms with Crippen LogP contribution in [0.15, 0.2) is 24.3 Å². The quantitative estimate of drug-likeness (QED) is 0.783. The molecule has 2 atom stereocenters.